The molecule has 1 aromatic heterocycles. The molecule has 0 saturated carbocycles. The molecule has 3 rings (SSSR count). The Hall–Kier alpha value is -1.86. The molecule has 1 aromatic carbocycles. The second-order valence-electron chi connectivity index (χ2n) is 5.98. The highest BCUT2D eigenvalue weighted by molar-refractivity contribution is 9.10. The lowest BCUT2D eigenvalue weighted by Crippen LogP contribution is -2.43. The van der Waals surface area contributed by atoms with Gasteiger partial charge in [0.1, 0.15) is 6.04 Å². The molecule has 2 aromatic rings. The Labute approximate surface area is 147 Å². The number of carboxylic acids is 1. The van der Waals surface area contributed by atoms with Crippen molar-refractivity contribution in [2.45, 2.75) is 37.8 Å². The Morgan fingerprint density at radius 2 is 2.29 bits per heavy atom. The molecule has 2 heterocycles. The lowest BCUT2D eigenvalue weighted by Gasteiger charge is -2.16. The summed E-state index contributed by atoms with van der Waals surface area (Å²) < 4.78 is 6.32. The van der Waals surface area contributed by atoms with Crippen LogP contribution in [0.3, 0.4) is 0 Å². The number of aromatic nitrogens is 1. The van der Waals surface area contributed by atoms with Crippen LogP contribution in [0.15, 0.2) is 28.9 Å². The van der Waals surface area contributed by atoms with E-state index in [0.717, 1.165) is 33.8 Å². The van der Waals surface area contributed by atoms with Gasteiger partial charge in [-0.05, 0) is 30.5 Å². The summed E-state index contributed by atoms with van der Waals surface area (Å²) in [6.45, 7) is 0.670. The van der Waals surface area contributed by atoms with Gasteiger partial charge in [-0.2, -0.15) is 0 Å². The van der Waals surface area contributed by atoms with Gasteiger partial charge in [-0.1, -0.05) is 22.0 Å². The molecule has 7 heteroatoms. The lowest BCUT2D eigenvalue weighted by atomic mass is 10.0. The summed E-state index contributed by atoms with van der Waals surface area (Å²) >= 11 is 3.49. The van der Waals surface area contributed by atoms with Crippen molar-refractivity contribution in [3.8, 4) is 0 Å². The van der Waals surface area contributed by atoms with Crippen LogP contribution in [0.2, 0.25) is 0 Å². The van der Waals surface area contributed by atoms with Gasteiger partial charge in [0.25, 0.3) is 0 Å². The molecular formula is C17H19BrN2O4. The zero-order chi connectivity index (χ0) is 17.1. The van der Waals surface area contributed by atoms with Gasteiger partial charge < -0.3 is 20.1 Å². The van der Waals surface area contributed by atoms with Crippen LogP contribution in [0.4, 0.5) is 0 Å². The van der Waals surface area contributed by atoms with E-state index < -0.39 is 12.0 Å². The first-order valence-corrected chi connectivity index (χ1v) is 8.72. The van der Waals surface area contributed by atoms with Crippen LogP contribution in [-0.2, 0) is 20.7 Å². The number of aromatic amines is 1. The number of carboxylic acid groups (broad SMARTS) is 1. The summed E-state index contributed by atoms with van der Waals surface area (Å²) in [4.78, 5) is 26.8. The normalized spacial score (nSPS) is 18.6. The third-order valence-electron chi connectivity index (χ3n) is 4.23. The second kappa shape index (κ2) is 7.36. The number of aliphatic carboxylic acids is 1. The predicted molar refractivity (Wildman–Crippen MR) is 92.9 cm³/mol. The zero-order valence-electron chi connectivity index (χ0n) is 13.0. The first kappa shape index (κ1) is 17.0. The first-order valence-electron chi connectivity index (χ1n) is 7.93. The average molecular weight is 395 g/mol. The molecule has 1 fully saturated rings. The molecule has 0 aliphatic carbocycles. The van der Waals surface area contributed by atoms with E-state index in [1.54, 1.807) is 6.20 Å². The molecule has 1 aliphatic heterocycles. The molecule has 0 radical (unpaired) electrons. The number of halogens is 1. The summed E-state index contributed by atoms with van der Waals surface area (Å²) in [5.74, 6) is -1.33. The Balaban J connectivity index is 1.71. The zero-order valence-corrected chi connectivity index (χ0v) is 14.6. The molecule has 128 valence electrons. The standard InChI is InChI=1S/C17H19BrN2O4/c18-12-4-1-5-13-16(12)10(9-19-13)7-14(17(22)23)20-15(21)8-11-3-2-6-24-11/h1,4-5,9,11,14,19H,2-3,6-8H2,(H,20,21)(H,22,23). The molecular weight excluding hydrogens is 376 g/mol. The largest absolute Gasteiger partial charge is 0.480 e. The van der Waals surface area contributed by atoms with Crippen LogP contribution in [0.25, 0.3) is 10.9 Å². The molecule has 3 N–H and O–H groups in total. The number of rotatable bonds is 6. The molecule has 2 unspecified atom stereocenters. The number of carbonyl (C=O) groups excluding carboxylic acids is 1. The number of nitrogens with one attached hydrogen (secondary N) is 2. The number of amides is 1. The summed E-state index contributed by atoms with van der Waals surface area (Å²) in [5, 5.41) is 13.0. The van der Waals surface area contributed by atoms with E-state index in [-0.39, 0.29) is 24.9 Å². The van der Waals surface area contributed by atoms with Crippen LogP contribution in [0.5, 0.6) is 0 Å². The maximum absolute atomic E-state index is 12.1. The average Bonchev–Trinajstić information content (AvgIpc) is 3.17. The SMILES string of the molecule is O=C(CC1CCCO1)NC(Cc1c[nH]c2cccc(Br)c12)C(=O)O. The van der Waals surface area contributed by atoms with E-state index in [2.05, 4.69) is 26.2 Å². The topological polar surface area (TPSA) is 91.4 Å². The number of H-pyrrole nitrogens is 1. The van der Waals surface area contributed by atoms with Gasteiger partial charge in [-0.3, -0.25) is 4.79 Å². The fourth-order valence-electron chi connectivity index (χ4n) is 3.05. The number of ether oxygens (including phenoxy) is 1. The minimum absolute atomic E-state index is 0.0957. The van der Waals surface area contributed by atoms with Crippen LogP contribution in [0, 0.1) is 0 Å². The number of benzene rings is 1. The van der Waals surface area contributed by atoms with E-state index in [4.69, 9.17) is 4.74 Å². The van der Waals surface area contributed by atoms with Gasteiger partial charge >= 0.3 is 5.97 Å². The highest BCUT2D eigenvalue weighted by atomic mass is 79.9. The van der Waals surface area contributed by atoms with Crippen LogP contribution >= 0.6 is 15.9 Å². The van der Waals surface area contributed by atoms with Crippen molar-refractivity contribution in [2.24, 2.45) is 0 Å². The minimum atomic E-state index is -1.04. The molecule has 1 aliphatic rings. The second-order valence-corrected chi connectivity index (χ2v) is 6.83. The molecule has 0 bridgehead atoms. The Morgan fingerprint density at radius 3 is 3.00 bits per heavy atom. The van der Waals surface area contributed by atoms with Crippen molar-refractivity contribution in [1.29, 1.82) is 0 Å². The van der Waals surface area contributed by atoms with Crippen LogP contribution in [0.1, 0.15) is 24.8 Å². The fourth-order valence-corrected chi connectivity index (χ4v) is 3.67. The maximum Gasteiger partial charge on any atom is 0.326 e. The fraction of sp³-hybridized carbons (Fsp3) is 0.412. The van der Waals surface area contributed by atoms with Crippen LogP contribution in [-0.4, -0.2) is 40.7 Å². The third kappa shape index (κ3) is 3.79. The number of hydrogen-bond acceptors (Lipinski definition) is 3. The van der Waals surface area contributed by atoms with Crippen molar-refractivity contribution in [3.05, 3.63) is 34.4 Å². The molecule has 6 nitrogen and oxygen atoms in total. The van der Waals surface area contributed by atoms with E-state index in [1.165, 1.54) is 0 Å². The van der Waals surface area contributed by atoms with Crippen molar-refractivity contribution in [1.82, 2.24) is 10.3 Å². The van der Waals surface area contributed by atoms with Crippen molar-refractivity contribution in [3.63, 3.8) is 0 Å². The van der Waals surface area contributed by atoms with Crippen molar-refractivity contribution >= 4 is 38.7 Å². The predicted octanol–water partition coefficient (Wildman–Crippen LogP) is 2.61. The van der Waals surface area contributed by atoms with Crippen molar-refractivity contribution in [2.75, 3.05) is 6.61 Å². The Morgan fingerprint density at radius 1 is 1.46 bits per heavy atom. The van der Waals surface area contributed by atoms with E-state index in [0.29, 0.717) is 6.61 Å². The minimum Gasteiger partial charge on any atom is -0.480 e. The first-order chi connectivity index (χ1) is 11.5. The van der Waals surface area contributed by atoms with E-state index >= 15 is 0 Å². The third-order valence-corrected chi connectivity index (χ3v) is 4.89. The number of fused-ring (bicyclic) bond motifs is 1. The molecule has 2 atom stereocenters. The lowest BCUT2D eigenvalue weighted by molar-refractivity contribution is -0.142. The Bertz CT molecular complexity index is 752. The van der Waals surface area contributed by atoms with Gasteiger partial charge in [0.2, 0.25) is 5.91 Å². The highest BCUT2D eigenvalue weighted by Crippen LogP contribution is 2.27. The maximum atomic E-state index is 12.1. The summed E-state index contributed by atoms with van der Waals surface area (Å²) in [5.41, 5.74) is 1.77. The van der Waals surface area contributed by atoms with Gasteiger partial charge in [-0.15, -0.1) is 0 Å². The smallest absolute Gasteiger partial charge is 0.326 e. The number of hydrogen-bond donors (Lipinski definition) is 3. The summed E-state index contributed by atoms with van der Waals surface area (Å²) in [6, 6.07) is 4.77. The summed E-state index contributed by atoms with van der Waals surface area (Å²) in [6.07, 6.45) is 3.92. The van der Waals surface area contributed by atoms with E-state index in [1.807, 2.05) is 18.2 Å². The number of carbonyl (C=O) groups is 2. The highest BCUT2D eigenvalue weighted by Gasteiger charge is 2.25. The quantitative estimate of drug-likeness (QED) is 0.701. The van der Waals surface area contributed by atoms with Gasteiger partial charge in [-0.25, -0.2) is 4.79 Å². The van der Waals surface area contributed by atoms with E-state index in [9.17, 15) is 14.7 Å². The van der Waals surface area contributed by atoms with Crippen LogP contribution < -0.4 is 5.32 Å². The molecule has 24 heavy (non-hydrogen) atoms. The molecule has 0 spiro atoms. The van der Waals surface area contributed by atoms with Gasteiger partial charge in [0, 0.05) is 34.6 Å². The molecule has 1 saturated heterocycles. The molecule has 1 amide bonds. The van der Waals surface area contributed by atoms with Gasteiger partial charge in [0.15, 0.2) is 0 Å². The monoisotopic (exact) mass is 394 g/mol. The summed E-state index contributed by atoms with van der Waals surface area (Å²) in [7, 11) is 0. The van der Waals surface area contributed by atoms with Gasteiger partial charge in [0.05, 0.1) is 12.5 Å². The Kier molecular flexibility index (Phi) is 5.20. The van der Waals surface area contributed by atoms with Crippen molar-refractivity contribution < 1.29 is 19.4 Å².